The number of hydrogen-bond donors (Lipinski definition) is 1. The molecule has 1 N–H and O–H groups in total. The quantitative estimate of drug-likeness (QED) is 0.909. The van der Waals surface area contributed by atoms with E-state index in [1.807, 2.05) is 30.3 Å². The van der Waals surface area contributed by atoms with E-state index in [9.17, 15) is 5.11 Å². The maximum Gasteiger partial charge on any atom is 0.122 e. The van der Waals surface area contributed by atoms with Crippen molar-refractivity contribution in [2.45, 2.75) is 19.1 Å². The van der Waals surface area contributed by atoms with Crippen LogP contribution in [0.3, 0.4) is 0 Å². The number of ether oxygens (including phenoxy) is 1. The van der Waals surface area contributed by atoms with Crippen molar-refractivity contribution >= 4 is 0 Å². The minimum absolute atomic E-state index is 0.399. The van der Waals surface area contributed by atoms with Gasteiger partial charge in [-0.1, -0.05) is 42.5 Å². The zero-order chi connectivity index (χ0) is 17.1. The third-order valence-electron chi connectivity index (χ3n) is 5.24. The van der Waals surface area contributed by atoms with Crippen molar-refractivity contribution < 1.29 is 9.84 Å². The lowest BCUT2D eigenvalue weighted by atomic mass is 10.1. The van der Waals surface area contributed by atoms with E-state index in [2.05, 4.69) is 28.0 Å². The topological polar surface area (TPSA) is 35.9 Å². The van der Waals surface area contributed by atoms with Crippen molar-refractivity contribution in [3.8, 4) is 5.75 Å². The first-order valence-corrected chi connectivity index (χ1v) is 9.20. The van der Waals surface area contributed by atoms with Gasteiger partial charge >= 0.3 is 0 Å². The first kappa shape index (κ1) is 16.6. The summed E-state index contributed by atoms with van der Waals surface area (Å²) in [6, 6.07) is 16.6. The molecular formula is C21H26N2O2. The van der Waals surface area contributed by atoms with Gasteiger partial charge in [-0.25, -0.2) is 0 Å². The van der Waals surface area contributed by atoms with Gasteiger partial charge in [0.25, 0.3) is 0 Å². The largest absolute Gasteiger partial charge is 0.493 e. The van der Waals surface area contributed by atoms with E-state index in [4.69, 9.17) is 4.74 Å². The Hall–Kier alpha value is -1.88. The predicted molar refractivity (Wildman–Crippen MR) is 98.8 cm³/mol. The van der Waals surface area contributed by atoms with Gasteiger partial charge in [0.15, 0.2) is 0 Å². The fourth-order valence-electron chi connectivity index (χ4n) is 3.75. The summed E-state index contributed by atoms with van der Waals surface area (Å²) in [7, 11) is 0. The van der Waals surface area contributed by atoms with Crippen LogP contribution in [0.15, 0.2) is 48.5 Å². The van der Waals surface area contributed by atoms with Crippen LogP contribution in [0.25, 0.3) is 0 Å². The van der Waals surface area contributed by atoms with Crippen LogP contribution >= 0.6 is 0 Å². The number of benzene rings is 2. The summed E-state index contributed by atoms with van der Waals surface area (Å²) in [6.45, 7) is 6.66. The normalized spacial score (nSPS) is 19.4. The summed E-state index contributed by atoms with van der Waals surface area (Å²) in [5.74, 6) is 1.06. The van der Waals surface area contributed by atoms with Crippen LogP contribution in [-0.2, 0) is 13.0 Å². The summed E-state index contributed by atoms with van der Waals surface area (Å²) in [4.78, 5) is 4.87. The number of nitrogens with zero attached hydrogens (tertiary/aromatic N) is 2. The Bertz CT molecular complexity index is 696. The van der Waals surface area contributed by atoms with Crippen molar-refractivity contribution in [3.63, 3.8) is 0 Å². The molecule has 25 heavy (non-hydrogen) atoms. The lowest BCUT2D eigenvalue weighted by molar-refractivity contribution is 0.0701. The highest BCUT2D eigenvalue weighted by Crippen LogP contribution is 2.26. The number of rotatable bonds is 5. The lowest BCUT2D eigenvalue weighted by Crippen LogP contribution is -2.47. The third-order valence-corrected chi connectivity index (χ3v) is 5.24. The molecule has 0 aromatic heterocycles. The van der Waals surface area contributed by atoms with Crippen LogP contribution in [-0.4, -0.2) is 54.2 Å². The van der Waals surface area contributed by atoms with E-state index in [-0.39, 0.29) is 0 Å². The second kappa shape index (κ2) is 7.56. The molecule has 0 saturated carbocycles. The van der Waals surface area contributed by atoms with Gasteiger partial charge in [0.2, 0.25) is 0 Å². The summed E-state index contributed by atoms with van der Waals surface area (Å²) in [5.41, 5.74) is 3.73. The number of fused-ring (bicyclic) bond motifs is 1. The minimum atomic E-state index is -0.399. The molecule has 2 aliphatic heterocycles. The SMILES string of the molecule is OC(CN1CCN(Cc2ccc3c(c2)CCO3)CC1)c1ccccc1. The second-order valence-electron chi connectivity index (χ2n) is 7.04. The van der Waals surface area contributed by atoms with Gasteiger partial charge in [-0.2, -0.15) is 0 Å². The predicted octanol–water partition coefficient (Wildman–Crippen LogP) is 2.47. The Morgan fingerprint density at radius 3 is 2.52 bits per heavy atom. The molecule has 1 saturated heterocycles. The molecule has 4 nitrogen and oxygen atoms in total. The van der Waals surface area contributed by atoms with Crippen LogP contribution in [0.2, 0.25) is 0 Å². The maximum absolute atomic E-state index is 10.4. The lowest BCUT2D eigenvalue weighted by Gasteiger charge is -2.35. The molecule has 0 radical (unpaired) electrons. The molecule has 1 unspecified atom stereocenters. The Morgan fingerprint density at radius 1 is 0.960 bits per heavy atom. The van der Waals surface area contributed by atoms with E-state index in [0.29, 0.717) is 6.54 Å². The van der Waals surface area contributed by atoms with Crippen LogP contribution in [0.5, 0.6) is 5.75 Å². The smallest absolute Gasteiger partial charge is 0.122 e. The first-order chi connectivity index (χ1) is 12.3. The van der Waals surface area contributed by atoms with Crippen LogP contribution in [0.1, 0.15) is 22.8 Å². The molecule has 4 heteroatoms. The number of aliphatic hydroxyl groups excluding tert-OH is 1. The van der Waals surface area contributed by atoms with Gasteiger partial charge in [0.05, 0.1) is 12.7 Å². The highest BCUT2D eigenvalue weighted by molar-refractivity contribution is 5.39. The molecule has 2 aliphatic rings. The monoisotopic (exact) mass is 338 g/mol. The molecule has 4 rings (SSSR count). The maximum atomic E-state index is 10.4. The molecule has 0 spiro atoms. The molecule has 2 heterocycles. The molecular weight excluding hydrogens is 312 g/mol. The molecule has 0 bridgehead atoms. The molecule has 2 aromatic rings. The second-order valence-corrected chi connectivity index (χ2v) is 7.04. The summed E-state index contributed by atoms with van der Waals surface area (Å²) in [5, 5.41) is 10.4. The molecule has 2 aromatic carbocycles. The Balaban J connectivity index is 1.27. The van der Waals surface area contributed by atoms with Gasteiger partial charge in [0, 0.05) is 45.7 Å². The average molecular weight is 338 g/mol. The number of piperazine rings is 1. The molecule has 0 amide bonds. The van der Waals surface area contributed by atoms with Gasteiger partial charge in [-0.15, -0.1) is 0 Å². The van der Waals surface area contributed by atoms with Gasteiger partial charge in [-0.05, 0) is 22.8 Å². The summed E-state index contributed by atoms with van der Waals surface area (Å²) < 4.78 is 5.59. The van der Waals surface area contributed by atoms with Crippen molar-refractivity contribution in [2.75, 3.05) is 39.3 Å². The number of β-amino-alcohol motifs (C(OH)–C–C–N with tert-alkyl or cyclic N) is 1. The summed E-state index contributed by atoms with van der Waals surface area (Å²) >= 11 is 0. The van der Waals surface area contributed by atoms with E-state index in [0.717, 1.165) is 57.1 Å². The molecule has 132 valence electrons. The number of aliphatic hydroxyl groups is 1. The van der Waals surface area contributed by atoms with Gasteiger partial charge in [0.1, 0.15) is 5.75 Å². The zero-order valence-corrected chi connectivity index (χ0v) is 14.6. The van der Waals surface area contributed by atoms with Crippen LogP contribution < -0.4 is 4.74 Å². The summed E-state index contributed by atoms with van der Waals surface area (Å²) in [6.07, 6.45) is 0.637. The third kappa shape index (κ3) is 4.03. The Labute approximate surface area is 149 Å². The minimum Gasteiger partial charge on any atom is -0.493 e. The first-order valence-electron chi connectivity index (χ1n) is 9.20. The highest BCUT2D eigenvalue weighted by Gasteiger charge is 2.20. The van der Waals surface area contributed by atoms with E-state index >= 15 is 0 Å². The zero-order valence-electron chi connectivity index (χ0n) is 14.6. The van der Waals surface area contributed by atoms with Gasteiger partial charge in [-0.3, -0.25) is 9.80 Å². The van der Waals surface area contributed by atoms with E-state index in [1.54, 1.807) is 0 Å². The van der Waals surface area contributed by atoms with Crippen molar-refractivity contribution in [3.05, 3.63) is 65.2 Å². The molecule has 1 atom stereocenters. The molecule has 0 aliphatic carbocycles. The van der Waals surface area contributed by atoms with E-state index in [1.165, 1.54) is 11.1 Å². The standard InChI is InChI=1S/C21H26N2O2/c24-20(18-4-2-1-3-5-18)16-23-11-9-22(10-12-23)15-17-6-7-21-19(14-17)8-13-25-21/h1-7,14,20,24H,8-13,15-16H2. The average Bonchev–Trinajstić information content (AvgIpc) is 3.12. The Morgan fingerprint density at radius 2 is 1.72 bits per heavy atom. The van der Waals surface area contributed by atoms with Crippen LogP contribution in [0.4, 0.5) is 0 Å². The van der Waals surface area contributed by atoms with Crippen LogP contribution in [0, 0.1) is 0 Å². The molecule has 1 fully saturated rings. The fraction of sp³-hybridized carbons (Fsp3) is 0.429. The Kier molecular flexibility index (Phi) is 5.02. The fourth-order valence-corrected chi connectivity index (χ4v) is 3.75. The number of hydrogen-bond acceptors (Lipinski definition) is 4. The van der Waals surface area contributed by atoms with E-state index < -0.39 is 6.10 Å². The van der Waals surface area contributed by atoms with Crippen molar-refractivity contribution in [1.29, 1.82) is 0 Å². The van der Waals surface area contributed by atoms with Crippen molar-refractivity contribution in [2.24, 2.45) is 0 Å². The highest BCUT2D eigenvalue weighted by atomic mass is 16.5. The van der Waals surface area contributed by atoms with Crippen molar-refractivity contribution in [1.82, 2.24) is 9.80 Å². The van der Waals surface area contributed by atoms with Gasteiger partial charge < -0.3 is 9.84 Å².